The van der Waals surface area contributed by atoms with Gasteiger partial charge >= 0.3 is 0 Å². The average molecular weight is 261 g/mol. The molecule has 18 heavy (non-hydrogen) atoms. The minimum absolute atomic E-state index is 0.364. The molecular formula is C15H19NOS. The summed E-state index contributed by atoms with van der Waals surface area (Å²) >= 11 is 1.86. The fraction of sp³-hybridized carbons (Fsp3) is 0.333. The van der Waals surface area contributed by atoms with Crippen molar-refractivity contribution in [2.24, 2.45) is 0 Å². The van der Waals surface area contributed by atoms with Gasteiger partial charge in [-0.15, -0.1) is 11.8 Å². The molecule has 2 nitrogen and oxygen atoms in total. The highest BCUT2D eigenvalue weighted by molar-refractivity contribution is 7.99. The van der Waals surface area contributed by atoms with Gasteiger partial charge in [-0.05, 0) is 50.3 Å². The minimum Gasteiger partial charge on any atom is -0.507 e. The van der Waals surface area contributed by atoms with E-state index in [9.17, 15) is 5.11 Å². The molecule has 0 heterocycles. The number of hydrogen-bond donors (Lipinski definition) is 1. The molecule has 0 atom stereocenters. The standard InChI is InChI=1S/C15H19NOS/c1-16(2)10-5-11-18-15-9-8-14(17)12-6-3-4-7-13(12)15/h3-4,6-9,17H,5,10-11H2,1-2H3. The molecule has 0 unspecified atom stereocenters. The number of thioether (sulfide) groups is 1. The van der Waals surface area contributed by atoms with E-state index in [1.165, 1.54) is 11.3 Å². The van der Waals surface area contributed by atoms with E-state index < -0.39 is 0 Å². The zero-order valence-electron chi connectivity index (χ0n) is 10.9. The summed E-state index contributed by atoms with van der Waals surface area (Å²) in [5.74, 6) is 1.47. The lowest BCUT2D eigenvalue weighted by atomic mass is 10.1. The minimum atomic E-state index is 0.364. The molecule has 0 aromatic heterocycles. The molecule has 0 aliphatic heterocycles. The summed E-state index contributed by atoms with van der Waals surface area (Å²) in [6.45, 7) is 1.11. The van der Waals surface area contributed by atoms with Gasteiger partial charge in [0.25, 0.3) is 0 Å². The van der Waals surface area contributed by atoms with Gasteiger partial charge in [0.15, 0.2) is 0 Å². The van der Waals surface area contributed by atoms with Crippen molar-refractivity contribution in [3.8, 4) is 5.75 Å². The zero-order valence-corrected chi connectivity index (χ0v) is 11.7. The molecule has 2 rings (SSSR count). The first-order chi connectivity index (χ1) is 8.68. The molecule has 0 bridgehead atoms. The predicted molar refractivity (Wildman–Crippen MR) is 79.5 cm³/mol. The van der Waals surface area contributed by atoms with Gasteiger partial charge in [0.1, 0.15) is 5.75 Å². The van der Waals surface area contributed by atoms with Crippen molar-refractivity contribution in [3.05, 3.63) is 36.4 Å². The summed E-state index contributed by atoms with van der Waals surface area (Å²) < 4.78 is 0. The number of phenolic OH excluding ortho intramolecular Hbond substituents is 1. The van der Waals surface area contributed by atoms with E-state index in [4.69, 9.17) is 0 Å². The molecule has 2 aromatic carbocycles. The first kappa shape index (κ1) is 13.2. The van der Waals surface area contributed by atoms with Crippen LogP contribution >= 0.6 is 11.8 Å². The second kappa shape index (κ2) is 6.12. The highest BCUT2D eigenvalue weighted by Crippen LogP contribution is 2.33. The van der Waals surface area contributed by atoms with E-state index >= 15 is 0 Å². The van der Waals surface area contributed by atoms with Crippen LogP contribution in [0.2, 0.25) is 0 Å². The summed E-state index contributed by atoms with van der Waals surface area (Å²) in [5, 5.41) is 11.9. The second-order valence-electron chi connectivity index (χ2n) is 4.63. The Morgan fingerprint density at radius 2 is 1.78 bits per heavy atom. The van der Waals surface area contributed by atoms with Crippen LogP contribution in [0.3, 0.4) is 0 Å². The Bertz CT molecular complexity index is 525. The highest BCUT2D eigenvalue weighted by atomic mass is 32.2. The van der Waals surface area contributed by atoms with Gasteiger partial charge in [-0.1, -0.05) is 24.3 Å². The Hall–Kier alpha value is -1.19. The van der Waals surface area contributed by atoms with Crippen LogP contribution in [0.15, 0.2) is 41.3 Å². The number of phenols is 1. The first-order valence-corrected chi connectivity index (χ1v) is 7.15. The molecule has 0 saturated heterocycles. The topological polar surface area (TPSA) is 23.5 Å². The van der Waals surface area contributed by atoms with Crippen LogP contribution in [0.25, 0.3) is 10.8 Å². The Morgan fingerprint density at radius 1 is 1.06 bits per heavy atom. The number of aromatic hydroxyl groups is 1. The van der Waals surface area contributed by atoms with Gasteiger partial charge in [-0.2, -0.15) is 0 Å². The second-order valence-corrected chi connectivity index (χ2v) is 5.77. The average Bonchev–Trinajstić information content (AvgIpc) is 2.37. The molecule has 0 saturated carbocycles. The van der Waals surface area contributed by atoms with Crippen molar-refractivity contribution in [1.29, 1.82) is 0 Å². The summed E-state index contributed by atoms with van der Waals surface area (Å²) in [6.07, 6.45) is 1.17. The number of rotatable bonds is 5. The van der Waals surface area contributed by atoms with Crippen molar-refractivity contribution in [2.75, 3.05) is 26.4 Å². The normalized spacial score (nSPS) is 11.3. The lowest BCUT2D eigenvalue weighted by Gasteiger charge is -2.10. The van der Waals surface area contributed by atoms with E-state index in [1.807, 2.05) is 36.0 Å². The number of benzene rings is 2. The monoisotopic (exact) mass is 261 g/mol. The summed E-state index contributed by atoms with van der Waals surface area (Å²) in [6, 6.07) is 11.8. The lowest BCUT2D eigenvalue weighted by Crippen LogP contribution is -2.13. The quantitative estimate of drug-likeness (QED) is 0.657. The van der Waals surface area contributed by atoms with E-state index in [0.717, 1.165) is 23.1 Å². The number of fused-ring (bicyclic) bond motifs is 1. The van der Waals surface area contributed by atoms with Crippen LogP contribution in [0.1, 0.15) is 6.42 Å². The van der Waals surface area contributed by atoms with E-state index in [0.29, 0.717) is 5.75 Å². The molecule has 96 valence electrons. The maximum atomic E-state index is 9.82. The maximum Gasteiger partial charge on any atom is 0.123 e. The van der Waals surface area contributed by atoms with Gasteiger partial charge in [0.05, 0.1) is 0 Å². The van der Waals surface area contributed by atoms with Crippen LogP contribution in [0.5, 0.6) is 5.75 Å². The van der Waals surface area contributed by atoms with Gasteiger partial charge in [-0.3, -0.25) is 0 Å². The number of hydrogen-bond acceptors (Lipinski definition) is 3. The lowest BCUT2D eigenvalue weighted by molar-refractivity contribution is 0.410. The zero-order chi connectivity index (χ0) is 13.0. The molecule has 0 aliphatic rings. The summed E-state index contributed by atoms with van der Waals surface area (Å²) in [4.78, 5) is 3.46. The van der Waals surface area contributed by atoms with Crippen LogP contribution < -0.4 is 0 Å². The fourth-order valence-electron chi connectivity index (χ4n) is 1.94. The molecule has 3 heteroatoms. The summed E-state index contributed by atoms with van der Waals surface area (Å²) in [7, 11) is 4.20. The smallest absolute Gasteiger partial charge is 0.123 e. The molecule has 0 spiro atoms. The molecule has 0 amide bonds. The Labute approximate surface area is 113 Å². The Morgan fingerprint density at radius 3 is 2.50 bits per heavy atom. The molecule has 1 N–H and O–H groups in total. The first-order valence-electron chi connectivity index (χ1n) is 6.17. The highest BCUT2D eigenvalue weighted by Gasteiger charge is 2.04. The third kappa shape index (κ3) is 3.18. The maximum absolute atomic E-state index is 9.82. The van der Waals surface area contributed by atoms with Crippen molar-refractivity contribution >= 4 is 22.5 Å². The molecule has 0 radical (unpaired) electrons. The Balaban J connectivity index is 2.11. The SMILES string of the molecule is CN(C)CCCSc1ccc(O)c2ccccc12. The summed E-state index contributed by atoms with van der Waals surface area (Å²) in [5.41, 5.74) is 0. The van der Waals surface area contributed by atoms with Gasteiger partial charge in [0.2, 0.25) is 0 Å². The molecular weight excluding hydrogens is 242 g/mol. The largest absolute Gasteiger partial charge is 0.507 e. The van der Waals surface area contributed by atoms with E-state index in [-0.39, 0.29) is 0 Å². The van der Waals surface area contributed by atoms with Crippen LogP contribution in [0.4, 0.5) is 0 Å². The van der Waals surface area contributed by atoms with Crippen molar-refractivity contribution in [3.63, 3.8) is 0 Å². The van der Waals surface area contributed by atoms with Crippen LogP contribution in [-0.2, 0) is 0 Å². The van der Waals surface area contributed by atoms with Crippen molar-refractivity contribution in [1.82, 2.24) is 4.90 Å². The van der Waals surface area contributed by atoms with Gasteiger partial charge in [-0.25, -0.2) is 0 Å². The van der Waals surface area contributed by atoms with Gasteiger partial charge < -0.3 is 10.0 Å². The molecule has 2 aromatic rings. The molecule has 0 aliphatic carbocycles. The van der Waals surface area contributed by atoms with E-state index in [2.05, 4.69) is 25.1 Å². The van der Waals surface area contributed by atoms with E-state index in [1.54, 1.807) is 6.07 Å². The van der Waals surface area contributed by atoms with Gasteiger partial charge in [0, 0.05) is 10.3 Å². The fourth-order valence-corrected chi connectivity index (χ4v) is 2.94. The number of nitrogens with zero attached hydrogens (tertiary/aromatic N) is 1. The van der Waals surface area contributed by atoms with Crippen LogP contribution in [-0.4, -0.2) is 36.4 Å². The van der Waals surface area contributed by atoms with Crippen molar-refractivity contribution in [2.45, 2.75) is 11.3 Å². The third-order valence-corrected chi connectivity index (χ3v) is 4.03. The predicted octanol–water partition coefficient (Wildman–Crippen LogP) is 3.59. The molecule has 0 fully saturated rings. The van der Waals surface area contributed by atoms with Crippen LogP contribution in [0, 0.1) is 0 Å². The van der Waals surface area contributed by atoms with Crippen molar-refractivity contribution < 1.29 is 5.11 Å². The third-order valence-electron chi connectivity index (χ3n) is 2.87. The Kier molecular flexibility index (Phi) is 4.50.